The van der Waals surface area contributed by atoms with Crippen molar-refractivity contribution in [2.75, 3.05) is 0 Å². The van der Waals surface area contributed by atoms with Crippen molar-refractivity contribution in [3.05, 3.63) is 382 Å². The van der Waals surface area contributed by atoms with Gasteiger partial charge in [0.25, 0.3) is 0 Å². The zero-order chi connectivity index (χ0) is 78.7. The zero-order valence-corrected chi connectivity index (χ0v) is 65.1. The molecule has 23 rings (SSSR count). The molecule has 0 saturated heterocycles. The van der Waals surface area contributed by atoms with Crippen LogP contribution in [-0.4, -0.2) is 61.9 Å². The average molecular weight is 1560 g/mol. The summed E-state index contributed by atoms with van der Waals surface area (Å²) in [4.78, 5) is 40.9. The molecule has 0 amide bonds. The van der Waals surface area contributed by atoms with Gasteiger partial charge in [0.05, 0.1) is 56.9 Å². The summed E-state index contributed by atoms with van der Waals surface area (Å²) in [5.74, 6) is 3.68. The van der Waals surface area contributed by atoms with E-state index in [1.807, 2.05) is 66.7 Å². The van der Waals surface area contributed by atoms with Crippen LogP contribution in [0.5, 0.6) is 0 Å². The lowest BCUT2D eigenvalue weighted by atomic mass is 9.96. The maximum atomic E-state index is 5.27. The summed E-state index contributed by atoms with van der Waals surface area (Å²) in [6, 6.07) is 132. The van der Waals surface area contributed by atoms with Gasteiger partial charge in [0.15, 0.2) is 34.9 Å². The van der Waals surface area contributed by atoms with E-state index in [4.69, 9.17) is 48.6 Å². The Hall–Kier alpha value is -15.7. The molecule has 7 heterocycles. The number of pyridine rings is 2. The van der Waals surface area contributed by atoms with Gasteiger partial charge in [0, 0.05) is 93.3 Å². The van der Waals surface area contributed by atoms with Crippen molar-refractivity contribution in [1.82, 2.24) is 61.9 Å². The number of nitrogens with zero attached hydrogens (tertiary/aromatic N) is 13. The van der Waals surface area contributed by atoms with Gasteiger partial charge in [-0.3, -0.25) is 0 Å². The Morgan fingerprint density at radius 1 is 0.176 bits per heavy atom. The number of fused-ring (bicyclic) bond motifs is 13. The van der Waals surface area contributed by atoms with Gasteiger partial charge in [-0.05, 0) is 129 Å². The van der Waals surface area contributed by atoms with Gasteiger partial charge in [-0.25, -0.2) is 39.9 Å². The molecular formula is C104H63N13S2. The first-order chi connectivity index (χ1) is 58.9. The molecular weight excluding hydrogens is 1500 g/mol. The number of benzene rings is 16. The Bertz CT molecular complexity index is 7670. The van der Waals surface area contributed by atoms with Crippen molar-refractivity contribution < 1.29 is 0 Å². The number of aromatic nitrogens is 13. The van der Waals surface area contributed by atoms with Gasteiger partial charge in [0.2, 0.25) is 0 Å². The molecule has 0 spiro atoms. The van der Waals surface area contributed by atoms with Gasteiger partial charge in [-0.1, -0.05) is 297 Å². The minimum Gasteiger partial charge on any atom is -0.309 e. The predicted molar refractivity (Wildman–Crippen MR) is 487 cm³/mol. The molecule has 23 aromatic rings. The summed E-state index contributed by atoms with van der Waals surface area (Å²) in [5.41, 5.74) is 27.0. The second-order valence-electron chi connectivity index (χ2n) is 29.3. The quantitative estimate of drug-likeness (QED) is 0.101. The largest absolute Gasteiger partial charge is 0.309 e. The van der Waals surface area contributed by atoms with Crippen molar-refractivity contribution >= 4 is 111 Å². The Morgan fingerprint density at radius 3 is 0.866 bits per heavy atom. The molecule has 13 nitrogen and oxygen atoms in total. The highest BCUT2D eigenvalue weighted by Crippen LogP contribution is 2.43. The SMILES string of the molecule is c1ccc(-c2cccc(-c3nc(-c4ccc(-c5ccc6c(c5)nc(-c5ccccc5)c5ccc7nsnc7c56)cc4)nc(-c4cccc(-c5ccccc5)c4)n3)c2)cc1.c1ccc(-c2nc(-c3ccc(-c4ccc5c(c4)nc(-c4ccccc4)c4ccc6nsnc6c45)cc3)nc(-c3ccc(-n4c5ccccc5c5ccccc54)cc3)n2)cc1. The summed E-state index contributed by atoms with van der Waals surface area (Å²) in [5, 5.41) is 8.86. The molecule has 16 aromatic carbocycles. The molecule has 0 bridgehead atoms. The number of hydrogen-bond donors (Lipinski definition) is 0. The minimum absolute atomic E-state index is 0.604. The highest BCUT2D eigenvalue weighted by atomic mass is 32.1. The summed E-state index contributed by atoms with van der Waals surface area (Å²) < 4.78 is 20.9. The molecule has 0 atom stereocenters. The fourth-order valence-electron chi connectivity index (χ4n) is 16.3. The highest BCUT2D eigenvalue weighted by molar-refractivity contribution is 7.00. The lowest BCUT2D eigenvalue weighted by Crippen LogP contribution is -2.00. The second kappa shape index (κ2) is 29.9. The van der Waals surface area contributed by atoms with Crippen LogP contribution in [0.4, 0.5) is 0 Å². The van der Waals surface area contributed by atoms with E-state index in [9.17, 15) is 0 Å². The Kier molecular flexibility index (Phi) is 17.6. The van der Waals surface area contributed by atoms with Crippen molar-refractivity contribution in [1.29, 1.82) is 0 Å². The summed E-state index contributed by atoms with van der Waals surface area (Å²) >= 11 is 2.48. The van der Waals surface area contributed by atoms with E-state index in [1.54, 1.807) is 0 Å². The first-order valence-corrected chi connectivity index (χ1v) is 40.7. The molecule has 7 aromatic heterocycles. The molecule has 119 heavy (non-hydrogen) atoms. The first kappa shape index (κ1) is 70.0. The zero-order valence-electron chi connectivity index (χ0n) is 63.5. The first-order valence-electron chi connectivity index (χ1n) is 39.2. The van der Waals surface area contributed by atoms with E-state index in [0.29, 0.717) is 34.9 Å². The van der Waals surface area contributed by atoms with Crippen LogP contribution < -0.4 is 0 Å². The normalized spacial score (nSPS) is 11.5. The summed E-state index contributed by atoms with van der Waals surface area (Å²) in [6.45, 7) is 0. The fourth-order valence-corrected chi connectivity index (χ4v) is 17.4. The molecule has 0 aliphatic heterocycles. The highest BCUT2D eigenvalue weighted by Gasteiger charge is 2.22. The molecule has 0 saturated carbocycles. The van der Waals surface area contributed by atoms with Crippen molar-refractivity contribution in [3.8, 4) is 141 Å². The average Bonchev–Trinajstić information content (AvgIpc) is 1.21. The second-order valence-corrected chi connectivity index (χ2v) is 30.4. The van der Waals surface area contributed by atoms with E-state index in [-0.39, 0.29) is 0 Å². The van der Waals surface area contributed by atoms with Crippen LogP contribution in [0.3, 0.4) is 0 Å². The van der Waals surface area contributed by atoms with Gasteiger partial charge in [-0.2, -0.15) is 17.5 Å². The van der Waals surface area contributed by atoms with E-state index >= 15 is 0 Å². The van der Waals surface area contributed by atoms with Crippen molar-refractivity contribution in [3.63, 3.8) is 0 Å². The van der Waals surface area contributed by atoms with Crippen LogP contribution in [0.15, 0.2) is 382 Å². The van der Waals surface area contributed by atoms with E-state index < -0.39 is 0 Å². The Morgan fingerprint density at radius 2 is 0.462 bits per heavy atom. The Balaban J connectivity index is 0.000000143. The third kappa shape index (κ3) is 13.1. The third-order valence-corrected chi connectivity index (χ3v) is 23.2. The smallest absolute Gasteiger partial charge is 0.164 e. The van der Waals surface area contributed by atoms with Gasteiger partial charge in [0.1, 0.15) is 22.1 Å². The van der Waals surface area contributed by atoms with Crippen LogP contribution in [-0.2, 0) is 0 Å². The van der Waals surface area contributed by atoms with E-state index in [2.05, 4.69) is 329 Å². The molecule has 0 unspecified atom stereocenters. The van der Waals surface area contributed by atoms with E-state index in [0.717, 1.165) is 172 Å². The molecule has 0 radical (unpaired) electrons. The summed E-state index contributed by atoms with van der Waals surface area (Å²) in [6.07, 6.45) is 0. The Labute approximate surface area is 691 Å². The van der Waals surface area contributed by atoms with Crippen molar-refractivity contribution in [2.45, 2.75) is 0 Å². The summed E-state index contributed by atoms with van der Waals surface area (Å²) in [7, 11) is 0. The molecule has 0 N–H and O–H groups in total. The van der Waals surface area contributed by atoms with Crippen LogP contribution in [0, 0.1) is 0 Å². The molecule has 0 aliphatic rings. The predicted octanol–water partition coefficient (Wildman–Crippen LogP) is 26.3. The lowest BCUT2D eigenvalue weighted by Gasteiger charge is -2.12. The van der Waals surface area contributed by atoms with Crippen LogP contribution >= 0.6 is 23.5 Å². The third-order valence-electron chi connectivity index (χ3n) is 22.1. The number of para-hydroxylation sites is 2. The number of hydrogen-bond acceptors (Lipinski definition) is 14. The lowest BCUT2D eigenvalue weighted by molar-refractivity contribution is 1.07. The number of rotatable bonds is 13. The van der Waals surface area contributed by atoms with Crippen LogP contribution in [0.1, 0.15) is 0 Å². The van der Waals surface area contributed by atoms with Crippen LogP contribution in [0.25, 0.3) is 228 Å². The fraction of sp³-hybridized carbons (Fsp3) is 0. The topological polar surface area (TPSA) is 160 Å². The standard InChI is InChI=1S/C52H31N7S.C52H32N6S/c1-3-11-33(12-4-1)48-42-29-30-43-49(58-60-57-43)47(42)41-28-25-37(31-44(41)53-48)32-19-21-35(22-20-32)51-54-50(34-13-5-2-6-14-34)55-52(56-51)36-23-26-38(27-24-36)59-45-17-9-7-15-39(45)40-16-8-10-18-46(40)59;1-4-12-33(13-5-1)38-18-10-20-41(30-38)51-54-50(55-52(56-51)42-21-11-19-39(31-42)34-14-6-2-7-15-34)37-24-22-35(23-25-37)40-26-27-43-46(32-40)53-48(36-16-8-3-9-17-36)44-28-29-45-49(47(43)44)58-59-57-45/h1-31H;1-32H. The molecule has 556 valence electrons. The van der Waals surface area contributed by atoms with Crippen molar-refractivity contribution in [2.24, 2.45) is 0 Å². The van der Waals surface area contributed by atoms with Gasteiger partial charge in [-0.15, -0.1) is 0 Å². The van der Waals surface area contributed by atoms with Gasteiger partial charge < -0.3 is 4.57 Å². The maximum absolute atomic E-state index is 5.27. The minimum atomic E-state index is 0.604. The van der Waals surface area contributed by atoms with Gasteiger partial charge >= 0.3 is 0 Å². The van der Waals surface area contributed by atoms with Crippen LogP contribution in [0.2, 0.25) is 0 Å². The molecule has 15 heteroatoms. The monoisotopic (exact) mass is 1560 g/mol. The maximum Gasteiger partial charge on any atom is 0.164 e. The molecule has 0 fully saturated rings. The molecule has 0 aliphatic carbocycles. The van der Waals surface area contributed by atoms with E-state index in [1.165, 1.54) is 45.3 Å².